The maximum Gasteiger partial charge on any atom is 0.160 e. The number of aromatic nitrogens is 2. The summed E-state index contributed by atoms with van der Waals surface area (Å²) < 4.78 is 2.40. The molecule has 3 aromatic rings. The molecule has 0 N–H and O–H groups in total. The Labute approximate surface area is 189 Å². The van der Waals surface area contributed by atoms with Crippen LogP contribution in [0.5, 0.6) is 0 Å². The molecule has 0 radical (unpaired) electrons. The van der Waals surface area contributed by atoms with Crippen LogP contribution in [0.25, 0.3) is 5.69 Å². The van der Waals surface area contributed by atoms with Gasteiger partial charge in [0.1, 0.15) is 6.04 Å². The molecular formula is C26H30N4S. The molecule has 0 spiro atoms. The Morgan fingerprint density at radius 3 is 2.55 bits per heavy atom. The second kappa shape index (κ2) is 8.19. The molecule has 0 aliphatic carbocycles. The van der Waals surface area contributed by atoms with Crippen LogP contribution in [0.1, 0.15) is 60.6 Å². The predicted octanol–water partition coefficient (Wildman–Crippen LogP) is 6.03. The van der Waals surface area contributed by atoms with E-state index < -0.39 is 0 Å². The molecule has 1 aromatic carbocycles. The van der Waals surface area contributed by atoms with Gasteiger partial charge < -0.3 is 9.47 Å². The summed E-state index contributed by atoms with van der Waals surface area (Å²) in [6.07, 6.45) is 4.09. The Morgan fingerprint density at radius 2 is 1.87 bits per heavy atom. The molecule has 1 fully saturated rings. The van der Waals surface area contributed by atoms with Gasteiger partial charge in [-0.1, -0.05) is 43.8 Å². The first-order valence-electron chi connectivity index (χ1n) is 11.3. The van der Waals surface area contributed by atoms with Crippen LogP contribution >= 0.6 is 11.8 Å². The summed E-state index contributed by atoms with van der Waals surface area (Å²) >= 11 is 1.90. The van der Waals surface area contributed by atoms with E-state index in [1.54, 1.807) is 0 Å². The molecular weight excluding hydrogens is 400 g/mol. The van der Waals surface area contributed by atoms with Crippen molar-refractivity contribution in [1.82, 2.24) is 14.5 Å². The lowest BCUT2D eigenvalue weighted by Crippen LogP contribution is -2.35. The summed E-state index contributed by atoms with van der Waals surface area (Å²) in [5.74, 6) is 1.12. The first-order chi connectivity index (χ1) is 15.1. The second-order valence-electron chi connectivity index (χ2n) is 8.52. The minimum absolute atomic E-state index is 0.0365. The summed E-state index contributed by atoms with van der Waals surface area (Å²) in [4.78, 5) is 12.5. The molecule has 1 saturated heterocycles. The number of fused-ring (bicyclic) bond motifs is 1. The largest absolute Gasteiger partial charge is 0.338 e. The van der Waals surface area contributed by atoms with Gasteiger partial charge in [-0.2, -0.15) is 0 Å². The van der Waals surface area contributed by atoms with Gasteiger partial charge in [0, 0.05) is 35.1 Å². The molecule has 0 bridgehead atoms. The van der Waals surface area contributed by atoms with Crippen LogP contribution in [0.15, 0.2) is 59.7 Å². The van der Waals surface area contributed by atoms with Crippen molar-refractivity contribution < 1.29 is 0 Å². The second-order valence-corrected chi connectivity index (χ2v) is 9.51. The number of benzene rings is 1. The molecule has 2 aliphatic rings. The molecule has 0 amide bonds. The summed E-state index contributed by atoms with van der Waals surface area (Å²) in [5.41, 5.74) is 7.60. The maximum absolute atomic E-state index is 5.19. The van der Waals surface area contributed by atoms with Crippen molar-refractivity contribution in [3.05, 3.63) is 82.9 Å². The third-order valence-electron chi connectivity index (χ3n) is 6.72. The zero-order valence-electron chi connectivity index (χ0n) is 18.7. The Kier molecular flexibility index (Phi) is 5.39. The average Bonchev–Trinajstić information content (AvgIpc) is 3.46. The fraction of sp³-hybridized carbons (Fsp3) is 0.385. The van der Waals surface area contributed by atoms with Gasteiger partial charge in [0.15, 0.2) is 5.17 Å². The maximum atomic E-state index is 5.19. The predicted molar refractivity (Wildman–Crippen MR) is 130 cm³/mol. The lowest BCUT2D eigenvalue weighted by molar-refractivity contribution is 0.254. The number of thioether (sulfide) groups is 1. The highest BCUT2D eigenvalue weighted by molar-refractivity contribution is 8.14. The van der Waals surface area contributed by atoms with Gasteiger partial charge in [0.25, 0.3) is 0 Å². The SMILES string of the molecule is CCc1ccc(-n2c(C)cc([C@@H]3[C@H](c4ccccn4)N=C4SC[C@H](CC)N43)c2C)cc1. The quantitative estimate of drug-likeness (QED) is 0.495. The normalized spacial score (nSPS) is 22.6. The van der Waals surface area contributed by atoms with Gasteiger partial charge >= 0.3 is 0 Å². The first-order valence-corrected chi connectivity index (χ1v) is 12.3. The summed E-state index contributed by atoms with van der Waals surface area (Å²) in [6.45, 7) is 8.96. The standard InChI is InChI=1S/C26H30N4S/c1-5-19-10-12-21(13-11-19)29-17(3)15-22(18(29)4)25-24(23-9-7-8-14-27-23)28-26-30(25)20(6-2)16-31-26/h7-15,20,24-25H,5-6,16H2,1-4H3/t20-,24-,25+/m0/s1. The Hall–Kier alpha value is -2.53. The molecule has 0 unspecified atom stereocenters. The Morgan fingerprint density at radius 1 is 1.06 bits per heavy atom. The van der Waals surface area contributed by atoms with Gasteiger partial charge in [0.05, 0.1) is 11.7 Å². The third-order valence-corrected chi connectivity index (χ3v) is 7.85. The smallest absolute Gasteiger partial charge is 0.160 e. The number of pyridine rings is 1. The third kappa shape index (κ3) is 3.39. The zero-order chi connectivity index (χ0) is 21.5. The molecule has 5 rings (SSSR count). The van der Waals surface area contributed by atoms with E-state index in [1.807, 2.05) is 24.0 Å². The van der Waals surface area contributed by atoms with E-state index in [-0.39, 0.29) is 12.1 Å². The van der Waals surface area contributed by atoms with Crippen LogP contribution in [0.3, 0.4) is 0 Å². The molecule has 5 heteroatoms. The van der Waals surface area contributed by atoms with E-state index in [0.717, 1.165) is 24.3 Å². The number of amidine groups is 1. The van der Waals surface area contributed by atoms with E-state index >= 15 is 0 Å². The van der Waals surface area contributed by atoms with Gasteiger partial charge in [0.2, 0.25) is 0 Å². The molecule has 0 saturated carbocycles. The summed E-state index contributed by atoms with van der Waals surface area (Å²) in [7, 11) is 0. The molecule has 160 valence electrons. The number of nitrogens with zero attached hydrogens (tertiary/aromatic N) is 4. The van der Waals surface area contributed by atoms with Gasteiger partial charge in [-0.25, -0.2) is 0 Å². The van der Waals surface area contributed by atoms with Crippen LogP contribution in [0, 0.1) is 13.8 Å². The number of aliphatic imine (C=N–C) groups is 1. The first kappa shape index (κ1) is 20.4. The Bertz CT molecular complexity index is 1100. The molecule has 4 nitrogen and oxygen atoms in total. The van der Waals surface area contributed by atoms with Crippen LogP contribution in [0.4, 0.5) is 0 Å². The molecule has 31 heavy (non-hydrogen) atoms. The van der Waals surface area contributed by atoms with Crippen LogP contribution in [0.2, 0.25) is 0 Å². The van der Waals surface area contributed by atoms with Crippen molar-refractivity contribution >= 4 is 16.9 Å². The van der Waals surface area contributed by atoms with E-state index in [1.165, 1.54) is 33.4 Å². The van der Waals surface area contributed by atoms with Crippen molar-refractivity contribution in [1.29, 1.82) is 0 Å². The molecule has 4 heterocycles. The van der Waals surface area contributed by atoms with Crippen LogP contribution in [-0.2, 0) is 6.42 Å². The minimum atomic E-state index is 0.0365. The molecule has 2 aliphatic heterocycles. The fourth-order valence-corrected chi connectivity index (χ4v) is 6.39. The van der Waals surface area contributed by atoms with Crippen molar-refractivity contribution in [2.24, 2.45) is 4.99 Å². The van der Waals surface area contributed by atoms with Gasteiger partial charge in [-0.3, -0.25) is 9.98 Å². The highest BCUT2D eigenvalue weighted by Gasteiger charge is 2.46. The number of rotatable bonds is 5. The van der Waals surface area contributed by atoms with Crippen molar-refractivity contribution in [2.45, 2.75) is 58.7 Å². The minimum Gasteiger partial charge on any atom is -0.338 e. The van der Waals surface area contributed by atoms with E-state index in [9.17, 15) is 0 Å². The van der Waals surface area contributed by atoms with Crippen LogP contribution in [-0.4, -0.2) is 31.4 Å². The fourth-order valence-electron chi connectivity index (χ4n) is 5.05. The van der Waals surface area contributed by atoms with E-state index in [2.05, 4.69) is 79.6 Å². The summed E-state index contributed by atoms with van der Waals surface area (Å²) in [5, 5.41) is 1.18. The zero-order valence-corrected chi connectivity index (χ0v) is 19.6. The highest BCUT2D eigenvalue weighted by Crippen LogP contribution is 2.49. The van der Waals surface area contributed by atoms with Crippen molar-refractivity contribution in [2.75, 3.05) is 5.75 Å². The molecule has 3 atom stereocenters. The highest BCUT2D eigenvalue weighted by atomic mass is 32.2. The van der Waals surface area contributed by atoms with E-state index in [4.69, 9.17) is 9.98 Å². The Balaban J connectivity index is 1.61. The van der Waals surface area contributed by atoms with E-state index in [0.29, 0.717) is 6.04 Å². The number of aryl methyl sites for hydroxylation is 2. The van der Waals surface area contributed by atoms with Gasteiger partial charge in [-0.15, -0.1) is 0 Å². The lowest BCUT2D eigenvalue weighted by Gasteiger charge is -2.32. The van der Waals surface area contributed by atoms with Crippen molar-refractivity contribution in [3.8, 4) is 5.69 Å². The number of hydrogen-bond donors (Lipinski definition) is 0. The number of hydrogen-bond acceptors (Lipinski definition) is 4. The van der Waals surface area contributed by atoms with Crippen LogP contribution < -0.4 is 0 Å². The average molecular weight is 431 g/mol. The van der Waals surface area contributed by atoms with Gasteiger partial charge in [-0.05, 0) is 68.1 Å². The van der Waals surface area contributed by atoms with Crippen molar-refractivity contribution in [3.63, 3.8) is 0 Å². The topological polar surface area (TPSA) is 33.4 Å². The summed E-state index contributed by atoms with van der Waals surface area (Å²) in [6, 6.07) is 18.3. The molecule has 2 aromatic heterocycles. The lowest BCUT2D eigenvalue weighted by atomic mass is 9.95. The monoisotopic (exact) mass is 430 g/mol.